The maximum atomic E-state index is 12.9. The van der Waals surface area contributed by atoms with Crippen LogP contribution in [0.25, 0.3) is 0 Å². The molecular weight excluding hydrogens is 227 g/mol. The van der Waals surface area contributed by atoms with Gasteiger partial charge in [0.1, 0.15) is 5.82 Å². The van der Waals surface area contributed by atoms with Crippen LogP contribution in [0, 0.1) is 5.82 Å². The first-order valence-electron chi connectivity index (χ1n) is 6.98. The minimum absolute atomic E-state index is 0.157. The summed E-state index contributed by atoms with van der Waals surface area (Å²) < 4.78 is 12.9. The van der Waals surface area contributed by atoms with E-state index < -0.39 is 0 Å². The minimum atomic E-state index is -0.157. The van der Waals surface area contributed by atoms with Crippen molar-refractivity contribution in [2.75, 3.05) is 19.6 Å². The average molecular weight is 250 g/mol. The highest BCUT2D eigenvalue weighted by molar-refractivity contribution is 5.15. The number of hydrogen-bond acceptors (Lipinski definition) is 2. The van der Waals surface area contributed by atoms with E-state index in [0.717, 1.165) is 26.2 Å². The molecule has 1 aromatic rings. The summed E-state index contributed by atoms with van der Waals surface area (Å²) in [4.78, 5) is 2.43. The zero-order valence-corrected chi connectivity index (χ0v) is 11.2. The van der Waals surface area contributed by atoms with E-state index in [4.69, 9.17) is 0 Å². The first kappa shape index (κ1) is 13.5. The Bertz CT molecular complexity index is 344. The molecule has 100 valence electrons. The summed E-state index contributed by atoms with van der Waals surface area (Å²) in [5.41, 5.74) is 1.19. The Kier molecular flexibility index (Phi) is 5.14. The molecule has 1 aliphatic rings. The van der Waals surface area contributed by atoms with Crippen molar-refractivity contribution < 1.29 is 4.39 Å². The van der Waals surface area contributed by atoms with E-state index in [2.05, 4.69) is 17.1 Å². The second-order valence-electron chi connectivity index (χ2n) is 5.10. The lowest BCUT2D eigenvalue weighted by Gasteiger charge is -2.30. The molecule has 0 aliphatic carbocycles. The van der Waals surface area contributed by atoms with Gasteiger partial charge in [0.25, 0.3) is 0 Å². The smallest absolute Gasteiger partial charge is 0.123 e. The number of rotatable bonds is 5. The fourth-order valence-electron chi connectivity index (χ4n) is 2.54. The molecule has 0 spiro atoms. The maximum absolute atomic E-state index is 12.9. The van der Waals surface area contributed by atoms with E-state index in [9.17, 15) is 4.39 Å². The van der Waals surface area contributed by atoms with Crippen LogP contribution in [0.3, 0.4) is 0 Å². The zero-order valence-electron chi connectivity index (χ0n) is 11.2. The molecule has 1 aromatic carbocycles. The van der Waals surface area contributed by atoms with E-state index in [-0.39, 0.29) is 5.82 Å². The molecule has 1 atom stereocenters. The van der Waals surface area contributed by atoms with Gasteiger partial charge in [0.05, 0.1) is 0 Å². The average Bonchev–Trinajstić information content (AvgIpc) is 2.41. The van der Waals surface area contributed by atoms with Gasteiger partial charge in [0.2, 0.25) is 0 Å². The lowest BCUT2D eigenvalue weighted by molar-refractivity contribution is 0.226. The Hall–Kier alpha value is -0.930. The highest BCUT2D eigenvalue weighted by atomic mass is 19.1. The molecule has 1 aliphatic heterocycles. The van der Waals surface area contributed by atoms with Crippen LogP contribution >= 0.6 is 0 Å². The van der Waals surface area contributed by atoms with Gasteiger partial charge in [-0.25, -0.2) is 4.39 Å². The third kappa shape index (κ3) is 4.07. The number of nitrogens with one attached hydrogen (secondary N) is 1. The van der Waals surface area contributed by atoms with Crippen molar-refractivity contribution in [1.82, 2.24) is 10.2 Å². The van der Waals surface area contributed by atoms with Crippen molar-refractivity contribution in [3.05, 3.63) is 35.6 Å². The van der Waals surface area contributed by atoms with Gasteiger partial charge in [-0.2, -0.15) is 0 Å². The largest absolute Gasteiger partial charge is 0.313 e. The normalized spacial score (nSPS) is 20.3. The number of benzene rings is 1. The highest BCUT2D eigenvalue weighted by Crippen LogP contribution is 2.11. The fourth-order valence-corrected chi connectivity index (χ4v) is 2.54. The Morgan fingerprint density at radius 2 is 2.06 bits per heavy atom. The Labute approximate surface area is 109 Å². The molecule has 1 saturated heterocycles. The van der Waals surface area contributed by atoms with Gasteiger partial charge in [-0.15, -0.1) is 0 Å². The molecule has 2 rings (SSSR count). The molecule has 18 heavy (non-hydrogen) atoms. The maximum Gasteiger partial charge on any atom is 0.123 e. The summed E-state index contributed by atoms with van der Waals surface area (Å²) in [6.45, 7) is 6.38. The molecule has 0 aromatic heterocycles. The van der Waals surface area contributed by atoms with Gasteiger partial charge in [-0.1, -0.05) is 25.5 Å². The summed E-state index contributed by atoms with van der Waals surface area (Å²) >= 11 is 0. The molecule has 0 radical (unpaired) electrons. The van der Waals surface area contributed by atoms with Crippen LogP contribution < -0.4 is 5.32 Å². The third-order valence-electron chi connectivity index (χ3n) is 3.66. The highest BCUT2D eigenvalue weighted by Gasteiger charge is 2.15. The first-order chi connectivity index (χ1) is 8.78. The predicted octanol–water partition coefficient (Wildman–Crippen LogP) is 2.79. The molecule has 1 N–H and O–H groups in total. The number of likely N-dealkylation sites (N-methyl/N-ethyl adjacent to an activating group) is 1. The molecule has 3 heteroatoms. The van der Waals surface area contributed by atoms with Crippen molar-refractivity contribution in [3.63, 3.8) is 0 Å². The Balaban J connectivity index is 1.86. The summed E-state index contributed by atoms with van der Waals surface area (Å²) in [5, 5.41) is 3.58. The summed E-state index contributed by atoms with van der Waals surface area (Å²) in [5.74, 6) is -0.157. The van der Waals surface area contributed by atoms with Gasteiger partial charge < -0.3 is 5.32 Å². The van der Waals surface area contributed by atoms with E-state index in [0.29, 0.717) is 6.04 Å². The molecular formula is C15H23FN2. The van der Waals surface area contributed by atoms with E-state index in [1.807, 2.05) is 12.1 Å². The molecule has 1 fully saturated rings. The van der Waals surface area contributed by atoms with Crippen LogP contribution in [0.5, 0.6) is 0 Å². The monoisotopic (exact) mass is 250 g/mol. The predicted molar refractivity (Wildman–Crippen MR) is 73.0 cm³/mol. The second kappa shape index (κ2) is 6.86. The van der Waals surface area contributed by atoms with Gasteiger partial charge in [-0.3, -0.25) is 4.90 Å². The SMILES string of the molecule is CCN(Cc1ccc(F)cc1)CC1CCCCN1. The number of hydrogen-bond donors (Lipinski definition) is 1. The number of halogens is 1. The minimum Gasteiger partial charge on any atom is -0.313 e. The topological polar surface area (TPSA) is 15.3 Å². The van der Waals surface area contributed by atoms with Crippen molar-refractivity contribution in [2.45, 2.75) is 38.8 Å². The van der Waals surface area contributed by atoms with E-state index >= 15 is 0 Å². The van der Waals surface area contributed by atoms with Gasteiger partial charge in [0, 0.05) is 19.1 Å². The first-order valence-corrected chi connectivity index (χ1v) is 6.98. The molecule has 1 heterocycles. The van der Waals surface area contributed by atoms with Crippen LogP contribution in [0.1, 0.15) is 31.7 Å². The molecule has 2 nitrogen and oxygen atoms in total. The van der Waals surface area contributed by atoms with Crippen molar-refractivity contribution in [1.29, 1.82) is 0 Å². The summed E-state index contributed by atoms with van der Waals surface area (Å²) in [7, 11) is 0. The quantitative estimate of drug-likeness (QED) is 0.864. The number of nitrogens with zero attached hydrogens (tertiary/aromatic N) is 1. The van der Waals surface area contributed by atoms with Gasteiger partial charge in [0.15, 0.2) is 0 Å². The molecule has 0 bridgehead atoms. The van der Waals surface area contributed by atoms with Crippen LogP contribution in [0.4, 0.5) is 4.39 Å². The lowest BCUT2D eigenvalue weighted by Crippen LogP contribution is -2.43. The molecule has 0 saturated carbocycles. The summed E-state index contributed by atoms with van der Waals surface area (Å²) in [6, 6.07) is 7.47. The molecule has 0 amide bonds. The van der Waals surface area contributed by atoms with E-state index in [1.165, 1.54) is 24.8 Å². The van der Waals surface area contributed by atoms with Crippen molar-refractivity contribution in [2.24, 2.45) is 0 Å². The standard InChI is InChI=1S/C15H23FN2/c1-2-18(12-15-5-3-4-10-17-15)11-13-6-8-14(16)9-7-13/h6-9,15,17H,2-5,10-12H2,1H3. The van der Waals surface area contributed by atoms with Crippen LogP contribution in [0.15, 0.2) is 24.3 Å². The molecule has 1 unspecified atom stereocenters. The Morgan fingerprint density at radius 1 is 1.28 bits per heavy atom. The zero-order chi connectivity index (χ0) is 12.8. The van der Waals surface area contributed by atoms with Gasteiger partial charge in [-0.05, 0) is 43.6 Å². The second-order valence-corrected chi connectivity index (χ2v) is 5.10. The Morgan fingerprint density at radius 3 is 2.67 bits per heavy atom. The van der Waals surface area contributed by atoms with Gasteiger partial charge >= 0.3 is 0 Å². The van der Waals surface area contributed by atoms with Crippen molar-refractivity contribution in [3.8, 4) is 0 Å². The summed E-state index contributed by atoms with van der Waals surface area (Å²) in [6.07, 6.45) is 3.92. The van der Waals surface area contributed by atoms with Crippen molar-refractivity contribution >= 4 is 0 Å². The van der Waals surface area contributed by atoms with Crippen LogP contribution in [-0.2, 0) is 6.54 Å². The number of piperidine rings is 1. The lowest BCUT2D eigenvalue weighted by atomic mass is 10.0. The van der Waals surface area contributed by atoms with Crippen LogP contribution in [-0.4, -0.2) is 30.6 Å². The third-order valence-corrected chi connectivity index (χ3v) is 3.66. The van der Waals surface area contributed by atoms with Crippen LogP contribution in [0.2, 0.25) is 0 Å². The fraction of sp³-hybridized carbons (Fsp3) is 0.600. The van der Waals surface area contributed by atoms with E-state index in [1.54, 1.807) is 12.1 Å².